The van der Waals surface area contributed by atoms with Crippen LogP contribution in [0.5, 0.6) is 11.5 Å². The maximum absolute atomic E-state index is 12.5. The van der Waals surface area contributed by atoms with Crippen LogP contribution < -0.4 is 20.5 Å². The summed E-state index contributed by atoms with van der Waals surface area (Å²) in [5.41, 5.74) is 5.76. The number of nitrogens with one attached hydrogen (secondary N) is 1. The monoisotopic (exact) mass is 345 g/mol. The molecule has 0 bridgehead atoms. The van der Waals surface area contributed by atoms with Crippen molar-refractivity contribution < 1.29 is 19.2 Å². The van der Waals surface area contributed by atoms with Crippen molar-refractivity contribution in [3.05, 3.63) is 52.1 Å². The number of nitro groups is 1. The highest BCUT2D eigenvalue weighted by Crippen LogP contribution is 2.30. The third kappa shape index (κ3) is 4.37. The van der Waals surface area contributed by atoms with Crippen molar-refractivity contribution in [3.63, 3.8) is 0 Å². The summed E-state index contributed by atoms with van der Waals surface area (Å²) in [6.07, 6.45) is 0. The Morgan fingerprint density at radius 3 is 2.52 bits per heavy atom. The highest BCUT2D eigenvalue weighted by Gasteiger charge is 2.17. The van der Waals surface area contributed by atoms with Gasteiger partial charge in [0.2, 0.25) is 0 Å². The molecular weight excluding hydrogens is 326 g/mol. The van der Waals surface area contributed by atoms with Crippen LogP contribution in [0, 0.1) is 10.1 Å². The van der Waals surface area contributed by atoms with Crippen molar-refractivity contribution >= 4 is 23.0 Å². The van der Waals surface area contributed by atoms with Gasteiger partial charge in [0.25, 0.3) is 11.6 Å². The molecule has 0 aromatic heterocycles. The maximum atomic E-state index is 12.5. The van der Waals surface area contributed by atoms with Gasteiger partial charge in [0.1, 0.15) is 17.2 Å². The predicted octanol–water partition coefficient (Wildman–Crippen LogP) is 3.23. The first kappa shape index (κ1) is 18.1. The van der Waals surface area contributed by atoms with Crippen molar-refractivity contribution in [1.82, 2.24) is 0 Å². The van der Waals surface area contributed by atoms with Gasteiger partial charge in [-0.15, -0.1) is 0 Å². The highest BCUT2D eigenvalue weighted by molar-refractivity contribution is 6.05. The Balaban J connectivity index is 2.31. The molecule has 0 fully saturated rings. The summed E-state index contributed by atoms with van der Waals surface area (Å²) in [4.78, 5) is 22.8. The quantitative estimate of drug-likeness (QED) is 0.452. The molecule has 3 N–H and O–H groups in total. The van der Waals surface area contributed by atoms with Crippen LogP contribution >= 0.6 is 0 Å². The van der Waals surface area contributed by atoms with Gasteiger partial charge in [0.15, 0.2) is 0 Å². The van der Waals surface area contributed by atoms with E-state index in [1.54, 1.807) is 18.2 Å². The molecule has 8 nitrogen and oxygen atoms in total. The minimum atomic E-state index is -0.632. The van der Waals surface area contributed by atoms with Gasteiger partial charge in [-0.3, -0.25) is 14.9 Å². The number of carbonyl (C=O) groups excluding carboxylic acids is 1. The van der Waals surface area contributed by atoms with Gasteiger partial charge in [-0.2, -0.15) is 0 Å². The second-order valence-electron chi connectivity index (χ2n) is 5.01. The SMILES string of the molecule is CCOc1ccc(OCC)c(NC(=O)c2ccc(N)c([N+](=O)[O-])c2)c1. The lowest BCUT2D eigenvalue weighted by atomic mass is 10.1. The minimum absolute atomic E-state index is 0.00472. The number of nitrogens with zero attached hydrogens (tertiary/aromatic N) is 1. The molecule has 0 radical (unpaired) electrons. The molecular formula is C17H19N3O5. The summed E-state index contributed by atoms with van der Waals surface area (Å²) in [6.45, 7) is 4.57. The molecule has 0 saturated heterocycles. The van der Waals surface area contributed by atoms with Crippen molar-refractivity contribution in [1.29, 1.82) is 0 Å². The Morgan fingerprint density at radius 1 is 1.16 bits per heavy atom. The van der Waals surface area contributed by atoms with E-state index in [0.29, 0.717) is 30.4 Å². The van der Waals surface area contributed by atoms with Crippen LogP contribution in [-0.4, -0.2) is 24.0 Å². The van der Waals surface area contributed by atoms with E-state index in [9.17, 15) is 14.9 Å². The number of nitrogens with two attached hydrogens (primary N) is 1. The van der Waals surface area contributed by atoms with Crippen molar-refractivity contribution in [2.75, 3.05) is 24.3 Å². The largest absolute Gasteiger partial charge is 0.494 e. The van der Waals surface area contributed by atoms with E-state index in [-0.39, 0.29) is 16.9 Å². The van der Waals surface area contributed by atoms with Crippen LogP contribution in [0.4, 0.5) is 17.1 Å². The summed E-state index contributed by atoms with van der Waals surface area (Å²) in [5, 5.41) is 13.7. The molecule has 1 amide bonds. The minimum Gasteiger partial charge on any atom is -0.494 e. The van der Waals surface area contributed by atoms with E-state index >= 15 is 0 Å². The number of amides is 1. The average Bonchev–Trinajstić information content (AvgIpc) is 2.57. The van der Waals surface area contributed by atoms with Crippen LogP contribution in [0.3, 0.4) is 0 Å². The van der Waals surface area contributed by atoms with Gasteiger partial charge in [-0.25, -0.2) is 0 Å². The predicted molar refractivity (Wildman–Crippen MR) is 94.2 cm³/mol. The van der Waals surface area contributed by atoms with E-state index in [1.165, 1.54) is 12.1 Å². The van der Waals surface area contributed by atoms with Gasteiger partial charge in [0.05, 0.1) is 23.8 Å². The lowest BCUT2D eigenvalue weighted by molar-refractivity contribution is -0.383. The highest BCUT2D eigenvalue weighted by atomic mass is 16.6. The fourth-order valence-electron chi connectivity index (χ4n) is 2.18. The molecule has 2 aromatic carbocycles. The zero-order valence-electron chi connectivity index (χ0n) is 13.9. The Labute approximate surface area is 144 Å². The van der Waals surface area contributed by atoms with Gasteiger partial charge in [-0.05, 0) is 38.1 Å². The molecule has 0 aliphatic heterocycles. The van der Waals surface area contributed by atoms with Gasteiger partial charge >= 0.3 is 0 Å². The molecule has 0 heterocycles. The molecule has 132 valence electrons. The second kappa shape index (κ2) is 8.00. The van der Waals surface area contributed by atoms with Crippen LogP contribution in [0.2, 0.25) is 0 Å². The zero-order chi connectivity index (χ0) is 18.4. The van der Waals surface area contributed by atoms with Gasteiger partial charge in [-0.1, -0.05) is 0 Å². The Morgan fingerprint density at radius 2 is 1.88 bits per heavy atom. The van der Waals surface area contributed by atoms with E-state index < -0.39 is 10.8 Å². The molecule has 25 heavy (non-hydrogen) atoms. The van der Waals surface area contributed by atoms with E-state index in [2.05, 4.69) is 5.32 Å². The lowest BCUT2D eigenvalue weighted by Crippen LogP contribution is -2.14. The summed E-state index contributed by atoms with van der Waals surface area (Å²) in [5.74, 6) is 0.534. The van der Waals surface area contributed by atoms with Crippen LogP contribution in [0.1, 0.15) is 24.2 Å². The first-order valence-electron chi connectivity index (χ1n) is 7.71. The lowest BCUT2D eigenvalue weighted by Gasteiger charge is -2.13. The first-order chi connectivity index (χ1) is 12.0. The zero-order valence-corrected chi connectivity index (χ0v) is 13.9. The van der Waals surface area contributed by atoms with Crippen molar-refractivity contribution in [2.24, 2.45) is 0 Å². The molecule has 2 aromatic rings. The Bertz CT molecular complexity index is 792. The number of ether oxygens (including phenoxy) is 2. The topological polar surface area (TPSA) is 117 Å². The van der Waals surface area contributed by atoms with E-state index in [1.807, 2.05) is 13.8 Å². The molecule has 0 spiro atoms. The normalized spacial score (nSPS) is 10.2. The number of anilines is 2. The van der Waals surface area contributed by atoms with Gasteiger partial charge in [0, 0.05) is 17.7 Å². The fourth-order valence-corrected chi connectivity index (χ4v) is 2.18. The molecule has 0 atom stereocenters. The second-order valence-corrected chi connectivity index (χ2v) is 5.01. The Kier molecular flexibility index (Phi) is 5.78. The number of benzene rings is 2. The number of rotatable bonds is 7. The van der Waals surface area contributed by atoms with Crippen molar-refractivity contribution in [2.45, 2.75) is 13.8 Å². The molecule has 2 rings (SSSR count). The third-order valence-corrected chi connectivity index (χ3v) is 3.30. The number of nitro benzene ring substituents is 1. The summed E-state index contributed by atoms with van der Waals surface area (Å²) >= 11 is 0. The number of carbonyl (C=O) groups is 1. The number of hydrogen-bond acceptors (Lipinski definition) is 6. The third-order valence-electron chi connectivity index (χ3n) is 3.30. The fraction of sp³-hybridized carbons (Fsp3) is 0.235. The molecule has 0 aliphatic rings. The molecule has 0 unspecified atom stereocenters. The van der Waals surface area contributed by atoms with Gasteiger partial charge < -0.3 is 20.5 Å². The summed E-state index contributed by atoms with van der Waals surface area (Å²) in [6, 6.07) is 8.95. The maximum Gasteiger partial charge on any atom is 0.292 e. The van der Waals surface area contributed by atoms with E-state index in [4.69, 9.17) is 15.2 Å². The summed E-state index contributed by atoms with van der Waals surface area (Å²) < 4.78 is 10.9. The van der Waals surface area contributed by atoms with E-state index in [0.717, 1.165) is 6.07 Å². The van der Waals surface area contributed by atoms with Crippen LogP contribution in [0.25, 0.3) is 0 Å². The molecule has 8 heteroatoms. The molecule has 0 aliphatic carbocycles. The van der Waals surface area contributed by atoms with Crippen LogP contribution in [-0.2, 0) is 0 Å². The van der Waals surface area contributed by atoms with Crippen molar-refractivity contribution in [3.8, 4) is 11.5 Å². The standard InChI is InChI=1S/C17H19N3O5/c1-3-24-12-6-8-16(25-4-2)14(10-12)19-17(21)11-5-7-13(18)15(9-11)20(22)23/h5-10H,3-4,18H2,1-2H3,(H,19,21). The first-order valence-corrected chi connectivity index (χ1v) is 7.71. The number of hydrogen-bond donors (Lipinski definition) is 2. The van der Waals surface area contributed by atoms with Crippen LogP contribution in [0.15, 0.2) is 36.4 Å². The number of nitrogen functional groups attached to an aromatic ring is 1. The molecule has 0 saturated carbocycles. The summed E-state index contributed by atoms with van der Waals surface area (Å²) in [7, 11) is 0. The smallest absolute Gasteiger partial charge is 0.292 e. The average molecular weight is 345 g/mol. The Hall–Kier alpha value is -3.29.